The quantitative estimate of drug-likeness (QED) is 0.173. The minimum Gasteiger partial charge on any atom is -0.310 e. The average molecular weight is 622 g/mol. The number of anilines is 3. The van der Waals surface area contributed by atoms with Gasteiger partial charge in [0.15, 0.2) is 0 Å². The van der Waals surface area contributed by atoms with Crippen molar-refractivity contribution in [2.75, 3.05) is 4.90 Å². The molecule has 0 aliphatic heterocycles. The first-order valence-electron chi connectivity index (χ1n) is 16.9. The number of benzene rings is 9. The molecule has 49 heavy (non-hydrogen) atoms. The Kier molecular flexibility index (Phi) is 6.25. The highest BCUT2D eigenvalue weighted by molar-refractivity contribution is 6.16. The van der Waals surface area contributed by atoms with Crippen LogP contribution in [0.3, 0.4) is 0 Å². The fourth-order valence-corrected chi connectivity index (χ4v) is 7.83. The molecule has 0 saturated carbocycles. The monoisotopic (exact) mass is 621 g/mol. The van der Waals surface area contributed by atoms with Crippen molar-refractivity contribution in [2.45, 2.75) is 0 Å². The van der Waals surface area contributed by atoms with E-state index in [0.717, 1.165) is 17.1 Å². The molecule has 228 valence electrons. The summed E-state index contributed by atoms with van der Waals surface area (Å²) in [5.41, 5.74) is 13.4. The fourth-order valence-electron chi connectivity index (χ4n) is 7.83. The van der Waals surface area contributed by atoms with E-state index in [9.17, 15) is 0 Å². The summed E-state index contributed by atoms with van der Waals surface area (Å²) in [6.45, 7) is 0. The van der Waals surface area contributed by atoms with Gasteiger partial charge in [0.1, 0.15) is 0 Å². The van der Waals surface area contributed by atoms with Crippen LogP contribution in [0.1, 0.15) is 0 Å². The van der Waals surface area contributed by atoms with Crippen molar-refractivity contribution < 1.29 is 0 Å². The zero-order valence-corrected chi connectivity index (χ0v) is 26.8. The summed E-state index contributed by atoms with van der Waals surface area (Å²) in [4.78, 5) is 2.41. The molecule has 1 heteroatoms. The van der Waals surface area contributed by atoms with Crippen LogP contribution in [0.4, 0.5) is 17.1 Å². The van der Waals surface area contributed by atoms with Gasteiger partial charge in [-0.1, -0.05) is 146 Å². The van der Waals surface area contributed by atoms with Crippen LogP contribution in [0.15, 0.2) is 188 Å². The van der Waals surface area contributed by atoms with Crippen LogP contribution in [-0.2, 0) is 0 Å². The maximum absolute atomic E-state index is 2.41. The first kappa shape index (κ1) is 27.7. The Morgan fingerprint density at radius 2 is 0.878 bits per heavy atom. The van der Waals surface area contributed by atoms with Crippen molar-refractivity contribution in [1.82, 2.24) is 0 Å². The van der Waals surface area contributed by atoms with Gasteiger partial charge in [0.2, 0.25) is 0 Å². The second-order valence-corrected chi connectivity index (χ2v) is 13.0. The van der Waals surface area contributed by atoms with Crippen LogP contribution < -0.4 is 4.90 Å². The highest BCUT2D eigenvalue weighted by atomic mass is 15.1. The predicted octanol–water partition coefficient (Wildman–Crippen LogP) is 13.6. The second kappa shape index (κ2) is 11.1. The molecule has 1 nitrogen and oxygen atoms in total. The normalized spacial score (nSPS) is 11.7. The molecular formula is C48H31N. The van der Waals surface area contributed by atoms with Crippen LogP contribution in [-0.4, -0.2) is 0 Å². The number of hydrogen-bond donors (Lipinski definition) is 0. The van der Waals surface area contributed by atoms with Gasteiger partial charge in [0, 0.05) is 17.1 Å². The standard InChI is InChI=1S/C48H31N/c1-2-10-32(11-3-1)35-13-8-15-40(29-35)49(41-30-38-14-9-19-46-44-17-6-7-18-45(44)47(31-41)48(38)46)39-25-22-33(23-26-39)36-24-27-43-37(28-36)21-20-34-12-4-5-16-42(34)43/h1-31H. The molecule has 0 atom stereocenters. The molecule has 0 bridgehead atoms. The van der Waals surface area contributed by atoms with E-state index < -0.39 is 0 Å². The second-order valence-electron chi connectivity index (χ2n) is 13.0. The topological polar surface area (TPSA) is 3.24 Å². The van der Waals surface area contributed by atoms with Crippen LogP contribution >= 0.6 is 0 Å². The third kappa shape index (κ3) is 4.55. The summed E-state index contributed by atoms with van der Waals surface area (Å²) in [6.07, 6.45) is 0. The van der Waals surface area contributed by atoms with Crippen molar-refractivity contribution in [3.05, 3.63) is 188 Å². The van der Waals surface area contributed by atoms with Gasteiger partial charge in [-0.15, -0.1) is 0 Å². The van der Waals surface area contributed by atoms with Gasteiger partial charge >= 0.3 is 0 Å². The summed E-state index contributed by atoms with van der Waals surface area (Å²) in [5.74, 6) is 0. The first-order valence-corrected chi connectivity index (χ1v) is 16.9. The van der Waals surface area contributed by atoms with Gasteiger partial charge < -0.3 is 4.90 Å². The molecule has 9 aromatic carbocycles. The van der Waals surface area contributed by atoms with E-state index in [1.54, 1.807) is 0 Å². The van der Waals surface area contributed by atoms with E-state index in [1.807, 2.05) is 0 Å². The van der Waals surface area contributed by atoms with Crippen molar-refractivity contribution in [2.24, 2.45) is 0 Å². The molecule has 1 aliphatic carbocycles. The van der Waals surface area contributed by atoms with Gasteiger partial charge in [-0.25, -0.2) is 0 Å². The summed E-state index contributed by atoms with van der Waals surface area (Å²) in [7, 11) is 0. The van der Waals surface area contributed by atoms with Gasteiger partial charge in [-0.05, 0) is 119 Å². The Morgan fingerprint density at radius 1 is 0.265 bits per heavy atom. The summed E-state index contributed by atoms with van der Waals surface area (Å²) in [5, 5.41) is 7.71. The van der Waals surface area contributed by atoms with E-state index in [-0.39, 0.29) is 0 Å². The number of hydrogen-bond acceptors (Lipinski definition) is 1. The van der Waals surface area contributed by atoms with Crippen LogP contribution in [0.25, 0.3) is 76.8 Å². The van der Waals surface area contributed by atoms with E-state index in [4.69, 9.17) is 0 Å². The van der Waals surface area contributed by atoms with E-state index in [2.05, 4.69) is 193 Å². The lowest BCUT2D eigenvalue weighted by atomic mass is 9.97. The lowest BCUT2D eigenvalue weighted by Crippen LogP contribution is -2.10. The molecule has 0 fully saturated rings. The third-order valence-electron chi connectivity index (χ3n) is 10.1. The Bertz CT molecular complexity index is 2700. The molecule has 0 saturated heterocycles. The third-order valence-corrected chi connectivity index (χ3v) is 10.1. The zero-order valence-electron chi connectivity index (χ0n) is 26.8. The van der Waals surface area contributed by atoms with Crippen LogP contribution in [0.5, 0.6) is 0 Å². The smallest absolute Gasteiger partial charge is 0.0474 e. The maximum atomic E-state index is 2.41. The Balaban J connectivity index is 1.12. The molecule has 1 aliphatic rings. The van der Waals surface area contributed by atoms with Crippen LogP contribution in [0.2, 0.25) is 0 Å². The Morgan fingerprint density at radius 3 is 1.76 bits per heavy atom. The van der Waals surface area contributed by atoms with Gasteiger partial charge in [0.05, 0.1) is 0 Å². The molecule has 9 aromatic rings. The first-order chi connectivity index (χ1) is 24.3. The SMILES string of the molecule is c1ccc(-c2cccc(N(c3ccc(-c4ccc5c(ccc6ccccc65)c4)cc3)c3cc4c5c(cccc5c3)-c3ccccc3-4)c2)cc1. The molecule has 0 amide bonds. The van der Waals surface area contributed by atoms with Gasteiger partial charge in [-0.2, -0.15) is 0 Å². The highest BCUT2D eigenvalue weighted by Crippen LogP contribution is 2.50. The predicted molar refractivity (Wildman–Crippen MR) is 209 cm³/mol. The Hall–Kier alpha value is -6.44. The summed E-state index contributed by atoms with van der Waals surface area (Å²) >= 11 is 0. The molecular weight excluding hydrogens is 591 g/mol. The van der Waals surface area contributed by atoms with Gasteiger partial charge in [-0.3, -0.25) is 0 Å². The van der Waals surface area contributed by atoms with E-state index in [1.165, 1.54) is 76.8 Å². The van der Waals surface area contributed by atoms with Gasteiger partial charge in [0.25, 0.3) is 0 Å². The maximum Gasteiger partial charge on any atom is 0.0474 e. The minimum atomic E-state index is 1.12. The number of rotatable bonds is 5. The van der Waals surface area contributed by atoms with Crippen LogP contribution in [0, 0.1) is 0 Å². The highest BCUT2D eigenvalue weighted by Gasteiger charge is 2.24. The molecule has 0 spiro atoms. The van der Waals surface area contributed by atoms with Crippen molar-refractivity contribution >= 4 is 49.4 Å². The average Bonchev–Trinajstić information content (AvgIpc) is 3.50. The molecule has 0 N–H and O–H groups in total. The fraction of sp³-hybridized carbons (Fsp3) is 0. The van der Waals surface area contributed by atoms with E-state index >= 15 is 0 Å². The number of fused-ring (bicyclic) bond motifs is 6. The van der Waals surface area contributed by atoms with E-state index in [0.29, 0.717) is 0 Å². The van der Waals surface area contributed by atoms with Crippen molar-refractivity contribution in [1.29, 1.82) is 0 Å². The van der Waals surface area contributed by atoms with Crippen molar-refractivity contribution in [3.63, 3.8) is 0 Å². The molecule has 0 aromatic heterocycles. The Labute approximate surface area is 286 Å². The molecule has 0 radical (unpaired) electrons. The number of nitrogens with zero attached hydrogens (tertiary/aromatic N) is 1. The summed E-state index contributed by atoms with van der Waals surface area (Å²) in [6, 6.07) is 68.8. The molecule has 10 rings (SSSR count). The lowest BCUT2D eigenvalue weighted by Gasteiger charge is -2.27. The zero-order chi connectivity index (χ0) is 32.3. The molecule has 0 heterocycles. The van der Waals surface area contributed by atoms with Crippen molar-refractivity contribution in [3.8, 4) is 44.5 Å². The minimum absolute atomic E-state index is 1.12. The lowest BCUT2D eigenvalue weighted by molar-refractivity contribution is 1.29. The largest absolute Gasteiger partial charge is 0.310 e. The molecule has 0 unspecified atom stereocenters. The summed E-state index contributed by atoms with van der Waals surface area (Å²) < 4.78 is 0.